The molecule has 7 heteroatoms. The SMILES string of the molecule is CS(=O)Nc1ccc(-c2cc(Cl)nc(N)n2)cc1. The van der Waals surface area contributed by atoms with Crippen LogP contribution in [0.5, 0.6) is 0 Å². The fraction of sp³-hybridized carbons (Fsp3) is 0.0909. The molecule has 0 saturated carbocycles. The van der Waals surface area contributed by atoms with Crippen molar-refractivity contribution in [2.75, 3.05) is 16.7 Å². The lowest BCUT2D eigenvalue weighted by molar-refractivity contribution is 0.690. The van der Waals surface area contributed by atoms with Gasteiger partial charge in [-0.05, 0) is 12.1 Å². The largest absolute Gasteiger partial charge is 0.368 e. The van der Waals surface area contributed by atoms with Crippen molar-refractivity contribution >= 4 is 34.2 Å². The summed E-state index contributed by atoms with van der Waals surface area (Å²) in [6.07, 6.45) is 1.57. The molecule has 1 aromatic carbocycles. The van der Waals surface area contributed by atoms with Crippen molar-refractivity contribution in [1.29, 1.82) is 0 Å². The molecular formula is C11H11ClN4OS. The normalized spacial score (nSPS) is 12.1. The number of halogens is 1. The Bertz CT molecular complexity index is 568. The van der Waals surface area contributed by atoms with Crippen LogP contribution in [0.3, 0.4) is 0 Å². The van der Waals surface area contributed by atoms with Gasteiger partial charge in [0.05, 0.1) is 5.69 Å². The zero-order chi connectivity index (χ0) is 13.1. The van der Waals surface area contributed by atoms with E-state index in [1.54, 1.807) is 12.3 Å². The van der Waals surface area contributed by atoms with Crippen LogP contribution in [0.4, 0.5) is 11.6 Å². The van der Waals surface area contributed by atoms with Crippen LogP contribution < -0.4 is 10.5 Å². The maximum Gasteiger partial charge on any atom is 0.221 e. The number of rotatable bonds is 3. The zero-order valence-corrected chi connectivity index (χ0v) is 11.1. The highest BCUT2D eigenvalue weighted by Crippen LogP contribution is 2.22. The lowest BCUT2D eigenvalue weighted by Crippen LogP contribution is -2.00. The Balaban J connectivity index is 2.31. The van der Waals surface area contributed by atoms with Crippen LogP contribution in [0.25, 0.3) is 11.3 Å². The molecule has 1 aromatic heterocycles. The maximum atomic E-state index is 11.0. The first-order valence-corrected chi connectivity index (χ1v) is 6.99. The second kappa shape index (κ2) is 5.32. The van der Waals surface area contributed by atoms with Crippen LogP contribution in [-0.4, -0.2) is 20.4 Å². The Morgan fingerprint density at radius 1 is 1.28 bits per heavy atom. The molecule has 0 aliphatic carbocycles. The molecule has 2 aromatic rings. The van der Waals surface area contributed by atoms with Gasteiger partial charge in [0.1, 0.15) is 16.1 Å². The summed E-state index contributed by atoms with van der Waals surface area (Å²) < 4.78 is 13.8. The number of nitrogen functional groups attached to an aromatic ring is 1. The molecular weight excluding hydrogens is 272 g/mol. The van der Waals surface area contributed by atoms with Crippen molar-refractivity contribution in [2.24, 2.45) is 0 Å². The topological polar surface area (TPSA) is 80.9 Å². The van der Waals surface area contributed by atoms with Gasteiger partial charge >= 0.3 is 0 Å². The van der Waals surface area contributed by atoms with Crippen molar-refractivity contribution in [3.63, 3.8) is 0 Å². The summed E-state index contributed by atoms with van der Waals surface area (Å²) in [4.78, 5) is 7.89. The van der Waals surface area contributed by atoms with E-state index in [1.807, 2.05) is 24.3 Å². The average molecular weight is 283 g/mol. The van der Waals surface area contributed by atoms with Crippen LogP contribution in [0.2, 0.25) is 5.15 Å². The van der Waals surface area contributed by atoms with E-state index >= 15 is 0 Å². The molecule has 5 nitrogen and oxygen atoms in total. The third kappa shape index (κ3) is 3.18. The van der Waals surface area contributed by atoms with Crippen molar-refractivity contribution in [1.82, 2.24) is 9.97 Å². The van der Waals surface area contributed by atoms with E-state index in [4.69, 9.17) is 17.3 Å². The molecule has 18 heavy (non-hydrogen) atoms. The first-order chi connectivity index (χ1) is 8.54. The van der Waals surface area contributed by atoms with Crippen LogP contribution in [0.1, 0.15) is 0 Å². The molecule has 0 radical (unpaired) electrons. The molecule has 94 valence electrons. The number of aromatic nitrogens is 2. The summed E-state index contributed by atoms with van der Waals surface area (Å²) in [5, 5.41) is 0.300. The lowest BCUT2D eigenvalue weighted by atomic mass is 10.1. The van der Waals surface area contributed by atoms with E-state index in [-0.39, 0.29) is 5.95 Å². The molecule has 0 aliphatic rings. The number of hydrogen-bond acceptors (Lipinski definition) is 4. The van der Waals surface area contributed by atoms with Gasteiger partial charge in [-0.1, -0.05) is 23.7 Å². The molecule has 3 N–H and O–H groups in total. The average Bonchev–Trinajstić information content (AvgIpc) is 2.27. The summed E-state index contributed by atoms with van der Waals surface area (Å²) in [7, 11) is -1.09. The van der Waals surface area contributed by atoms with Crippen molar-refractivity contribution in [2.45, 2.75) is 0 Å². The van der Waals surface area contributed by atoms with Crippen molar-refractivity contribution < 1.29 is 4.21 Å². The predicted octanol–water partition coefficient (Wildman–Crippen LogP) is 2.08. The molecule has 1 atom stereocenters. The van der Waals surface area contributed by atoms with E-state index in [2.05, 4.69) is 14.7 Å². The van der Waals surface area contributed by atoms with Crippen LogP contribution >= 0.6 is 11.6 Å². The Labute approximate surface area is 112 Å². The summed E-state index contributed by atoms with van der Waals surface area (Å²) in [5.74, 6) is 0.134. The molecule has 0 bridgehead atoms. The zero-order valence-electron chi connectivity index (χ0n) is 9.55. The standard InChI is InChI=1S/C11H11ClN4OS/c1-18(17)16-8-4-2-7(3-5-8)9-6-10(12)15-11(13)14-9/h2-6,16H,1H3,(H2,13,14,15). The van der Waals surface area contributed by atoms with Gasteiger partial charge in [-0.25, -0.2) is 14.2 Å². The lowest BCUT2D eigenvalue weighted by Gasteiger charge is -2.05. The van der Waals surface area contributed by atoms with Gasteiger partial charge in [0.2, 0.25) is 5.95 Å². The van der Waals surface area contributed by atoms with Gasteiger partial charge in [-0.2, -0.15) is 0 Å². The number of nitrogens with one attached hydrogen (secondary N) is 1. The fourth-order valence-corrected chi connectivity index (χ4v) is 2.12. The number of anilines is 2. The molecule has 0 spiro atoms. The fourth-order valence-electron chi connectivity index (χ4n) is 1.46. The Morgan fingerprint density at radius 3 is 2.50 bits per heavy atom. The van der Waals surface area contributed by atoms with E-state index in [1.165, 1.54) is 0 Å². The minimum absolute atomic E-state index is 0.134. The number of nitrogens with two attached hydrogens (primary N) is 1. The minimum Gasteiger partial charge on any atom is -0.368 e. The molecule has 0 saturated heterocycles. The third-order valence-corrected chi connectivity index (χ3v) is 2.87. The Morgan fingerprint density at radius 2 is 1.94 bits per heavy atom. The number of hydrogen-bond donors (Lipinski definition) is 2. The highest BCUT2D eigenvalue weighted by molar-refractivity contribution is 7.85. The van der Waals surface area contributed by atoms with Crippen LogP contribution in [0.15, 0.2) is 30.3 Å². The van der Waals surface area contributed by atoms with E-state index in [0.717, 1.165) is 11.3 Å². The second-order valence-corrected chi connectivity index (χ2v) is 5.07. The van der Waals surface area contributed by atoms with Crippen LogP contribution in [0, 0.1) is 0 Å². The van der Waals surface area contributed by atoms with E-state index in [9.17, 15) is 4.21 Å². The van der Waals surface area contributed by atoms with Gasteiger partial charge in [0, 0.05) is 23.6 Å². The summed E-state index contributed by atoms with van der Waals surface area (Å²) in [5.41, 5.74) is 7.81. The highest BCUT2D eigenvalue weighted by Gasteiger charge is 2.04. The molecule has 1 heterocycles. The number of benzene rings is 1. The Hall–Kier alpha value is -1.66. The van der Waals surface area contributed by atoms with Crippen molar-refractivity contribution in [3.05, 3.63) is 35.5 Å². The van der Waals surface area contributed by atoms with E-state index < -0.39 is 11.0 Å². The summed E-state index contributed by atoms with van der Waals surface area (Å²) in [6, 6.07) is 8.94. The van der Waals surface area contributed by atoms with Gasteiger partial charge < -0.3 is 10.5 Å². The smallest absolute Gasteiger partial charge is 0.221 e. The molecule has 0 amide bonds. The van der Waals surface area contributed by atoms with Gasteiger partial charge in [-0.3, -0.25) is 0 Å². The number of nitrogens with zero attached hydrogens (tertiary/aromatic N) is 2. The van der Waals surface area contributed by atoms with Crippen LogP contribution in [-0.2, 0) is 11.0 Å². The molecule has 2 rings (SSSR count). The monoisotopic (exact) mass is 282 g/mol. The first-order valence-electron chi connectivity index (χ1n) is 5.05. The van der Waals surface area contributed by atoms with Gasteiger partial charge in [-0.15, -0.1) is 0 Å². The molecule has 1 unspecified atom stereocenters. The maximum absolute atomic E-state index is 11.0. The molecule has 0 fully saturated rings. The first kappa shape index (κ1) is 12.8. The highest BCUT2D eigenvalue weighted by atomic mass is 35.5. The third-order valence-electron chi connectivity index (χ3n) is 2.15. The quantitative estimate of drug-likeness (QED) is 0.845. The minimum atomic E-state index is -1.09. The van der Waals surface area contributed by atoms with Gasteiger partial charge in [0.15, 0.2) is 0 Å². The molecule has 0 aliphatic heterocycles. The van der Waals surface area contributed by atoms with E-state index in [0.29, 0.717) is 10.8 Å². The summed E-state index contributed by atoms with van der Waals surface area (Å²) in [6.45, 7) is 0. The second-order valence-electron chi connectivity index (χ2n) is 3.57. The Kier molecular flexibility index (Phi) is 3.78. The van der Waals surface area contributed by atoms with Crippen molar-refractivity contribution in [3.8, 4) is 11.3 Å². The predicted molar refractivity (Wildman–Crippen MR) is 74.6 cm³/mol. The summed E-state index contributed by atoms with van der Waals surface area (Å²) >= 11 is 5.82. The van der Waals surface area contributed by atoms with Gasteiger partial charge in [0.25, 0.3) is 0 Å².